The molecule has 7 heteroatoms. The summed E-state index contributed by atoms with van der Waals surface area (Å²) in [7, 11) is 1.39. The highest BCUT2D eigenvalue weighted by molar-refractivity contribution is 7.17. The summed E-state index contributed by atoms with van der Waals surface area (Å²) in [4.78, 5) is 28.5. The Hall–Kier alpha value is -2.05. The second-order valence-corrected chi connectivity index (χ2v) is 8.78. The summed E-state index contributed by atoms with van der Waals surface area (Å²) in [6.45, 7) is 0.692. The van der Waals surface area contributed by atoms with Gasteiger partial charge in [-0.25, -0.2) is 9.59 Å². The zero-order valence-electron chi connectivity index (χ0n) is 15.8. The van der Waals surface area contributed by atoms with Crippen molar-refractivity contribution in [2.75, 3.05) is 19.0 Å². The number of amides is 2. The molecule has 1 aromatic carbocycles. The minimum absolute atomic E-state index is 0.0217. The number of halogens is 1. The number of fused-ring (bicyclic) bond motifs is 1. The molecule has 1 saturated heterocycles. The molecule has 1 aliphatic carbocycles. The van der Waals surface area contributed by atoms with E-state index in [1.165, 1.54) is 23.3 Å². The number of carbonyl (C=O) groups excluding carboxylic acids is 2. The van der Waals surface area contributed by atoms with Gasteiger partial charge in [0.2, 0.25) is 0 Å². The summed E-state index contributed by atoms with van der Waals surface area (Å²) < 4.78 is 5.00. The number of nitrogens with one attached hydrogen (secondary N) is 1. The monoisotopic (exact) mass is 418 g/mol. The molecule has 2 aromatic rings. The maximum Gasteiger partial charge on any atom is 0.341 e. The van der Waals surface area contributed by atoms with Crippen molar-refractivity contribution in [1.29, 1.82) is 0 Å². The third-order valence-electron chi connectivity index (χ3n) is 5.55. The van der Waals surface area contributed by atoms with Crippen LogP contribution in [0.1, 0.15) is 58.1 Å². The molecule has 2 aliphatic rings. The van der Waals surface area contributed by atoms with Crippen LogP contribution < -0.4 is 5.32 Å². The third-order valence-corrected chi connectivity index (χ3v) is 7.01. The maximum absolute atomic E-state index is 13.1. The first-order chi connectivity index (χ1) is 13.6. The number of hydrogen-bond acceptors (Lipinski definition) is 4. The van der Waals surface area contributed by atoms with E-state index in [9.17, 15) is 9.59 Å². The van der Waals surface area contributed by atoms with Gasteiger partial charge in [0.25, 0.3) is 0 Å². The van der Waals surface area contributed by atoms with Crippen LogP contribution in [0.3, 0.4) is 0 Å². The average Bonchev–Trinajstić information content (AvgIpc) is 3.32. The Morgan fingerprint density at radius 2 is 1.93 bits per heavy atom. The Labute approximate surface area is 173 Å². The lowest BCUT2D eigenvalue weighted by molar-refractivity contribution is 0.0601. The summed E-state index contributed by atoms with van der Waals surface area (Å²) in [5.74, 6) is -0.370. The molecule has 0 unspecified atom stereocenters. The Morgan fingerprint density at radius 1 is 1.18 bits per heavy atom. The van der Waals surface area contributed by atoms with Crippen LogP contribution in [0.15, 0.2) is 24.3 Å². The molecule has 2 heterocycles. The number of anilines is 1. The maximum atomic E-state index is 13.1. The highest BCUT2D eigenvalue weighted by atomic mass is 35.5. The number of methoxy groups -OCH3 is 1. The van der Waals surface area contributed by atoms with Crippen LogP contribution in [0, 0.1) is 0 Å². The number of benzene rings is 1. The fourth-order valence-corrected chi connectivity index (χ4v) is 5.58. The van der Waals surface area contributed by atoms with Gasteiger partial charge in [-0.3, -0.25) is 5.32 Å². The van der Waals surface area contributed by atoms with Crippen molar-refractivity contribution in [3.05, 3.63) is 50.9 Å². The largest absolute Gasteiger partial charge is 0.465 e. The van der Waals surface area contributed by atoms with Gasteiger partial charge >= 0.3 is 12.0 Å². The van der Waals surface area contributed by atoms with E-state index in [1.54, 1.807) is 0 Å². The fraction of sp³-hybridized carbons (Fsp3) is 0.429. The van der Waals surface area contributed by atoms with Gasteiger partial charge in [0, 0.05) is 16.4 Å². The van der Waals surface area contributed by atoms with E-state index in [2.05, 4.69) is 5.32 Å². The van der Waals surface area contributed by atoms with Gasteiger partial charge in [-0.15, -0.1) is 11.3 Å². The molecule has 5 nitrogen and oxygen atoms in total. The number of thiophene rings is 1. The van der Waals surface area contributed by atoms with Gasteiger partial charge in [-0.2, -0.15) is 0 Å². The number of carbonyl (C=O) groups is 2. The van der Waals surface area contributed by atoms with E-state index < -0.39 is 0 Å². The SMILES string of the molecule is COC(=O)c1c(NC(=O)N2CCC[C@@H]2c2ccc(Cl)cc2)sc2c1CCCC2. The lowest BCUT2D eigenvalue weighted by Gasteiger charge is -2.25. The molecule has 0 spiro atoms. The zero-order valence-corrected chi connectivity index (χ0v) is 17.4. The number of esters is 1. The number of likely N-dealkylation sites (tertiary alicyclic amines) is 1. The van der Waals surface area contributed by atoms with E-state index in [1.807, 2.05) is 29.2 Å². The van der Waals surface area contributed by atoms with Crippen LogP contribution >= 0.6 is 22.9 Å². The molecule has 1 atom stereocenters. The quantitative estimate of drug-likeness (QED) is 0.675. The first-order valence-corrected chi connectivity index (χ1v) is 10.8. The molecule has 148 valence electrons. The molecule has 0 saturated carbocycles. The molecule has 28 heavy (non-hydrogen) atoms. The number of ether oxygens (including phenoxy) is 1. The van der Waals surface area contributed by atoms with Crippen LogP contribution in [0.25, 0.3) is 0 Å². The van der Waals surface area contributed by atoms with Crippen molar-refractivity contribution >= 4 is 39.9 Å². The predicted octanol–water partition coefficient (Wildman–Crippen LogP) is 5.44. The van der Waals surface area contributed by atoms with Crippen LogP contribution in [0.4, 0.5) is 9.80 Å². The van der Waals surface area contributed by atoms with Crippen molar-refractivity contribution in [2.45, 2.75) is 44.6 Å². The molecular weight excluding hydrogens is 396 g/mol. The van der Waals surface area contributed by atoms with E-state index in [0.717, 1.165) is 49.7 Å². The first-order valence-electron chi connectivity index (χ1n) is 9.64. The van der Waals surface area contributed by atoms with Crippen molar-refractivity contribution in [1.82, 2.24) is 4.90 Å². The smallest absolute Gasteiger partial charge is 0.341 e. The third kappa shape index (κ3) is 3.63. The molecular formula is C21H23ClN2O3S. The summed E-state index contributed by atoms with van der Waals surface area (Å²) in [5, 5.41) is 4.32. The van der Waals surface area contributed by atoms with Crippen LogP contribution in [-0.4, -0.2) is 30.6 Å². The van der Waals surface area contributed by atoms with E-state index in [-0.39, 0.29) is 18.0 Å². The Morgan fingerprint density at radius 3 is 2.68 bits per heavy atom. The minimum Gasteiger partial charge on any atom is -0.465 e. The molecule has 2 amide bonds. The second-order valence-electron chi connectivity index (χ2n) is 7.24. The number of urea groups is 1. The number of nitrogens with zero attached hydrogens (tertiary/aromatic N) is 1. The standard InChI is InChI=1S/C21H23ClN2O3S/c1-27-20(25)18-15-5-2-3-7-17(15)28-19(18)23-21(26)24-12-4-6-16(24)13-8-10-14(22)11-9-13/h8-11,16H,2-7,12H2,1H3,(H,23,26)/t16-/m1/s1. The molecule has 0 radical (unpaired) electrons. The summed E-state index contributed by atoms with van der Waals surface area (Å²) in [6, 6.07) is 7.52. The Balaban J connectivity index is 1.58. The van der Waals surface area contributed by atoms with Gasteiger partial charge in [-0.05, 0) is 61.8 Å². The average molecular weight is 419 g/mol. The number of aryl methyl sites for hydroxylation is 1. The number of rotatable bonds is 3. The van der Waals surface area contributed by atoms with Crippen LogP contribution in [0.2, 0.25) is 5.02 Å². The minimum atomic E-state index is -0.370. The summed E-state index contributed by atoms with van der Waals surface area (Å²) >= 11 is 7.51. The van der Waals surface area contributed by atoms with Gasteiger partial charge in [0.05, 0.1) is 18.7 Å². The Kier molecular flexibility index (Phi) is 5.60. The number of hydrogen-bond donors (Lipinski definition) is 1. The van der Waals surface area contributed by atoms with Gasteiger partial charge in [0.1, 0.15) is 5.00 Å². The highest BCUT2D eigenvalue weighted by Gasteiger charge is 2.32. The summed E-state index contributed by atoms with van der Waals surface area (Å²) in [5.41, 5.74) is 2.67. The van der Waals surface area contributed by atoms with Crippen molar-refractivity contribution in [3.63, 3.8) is 0 Å². The summed E-state index contributed by atoms with van der Waals surface area (Å²) in [6.07, 6.45) is 5.86. The van der Waals surface area contributed by atoms with Crippen molar-refractivity contribution < 1.29 is 14.3 Å². The molecule has 1 fully saturated rings. The van der Waals surface area contributed by atoms with Crippen LogP contribution in [-0.2, 0) is 17.6 Å². The highest BCUT2D eigenvalue weighted by Crippen LogP contribution is 2.39. The van der Waals surface area contributed by atoms with E-state index in [0.29, 0.717) is 22.1 Å². The predicted molar refractivity (Wildman–Crippen MR) is 111 cm³/mol. The topological polar surface area (TPSA) is 58.6 Å². The molecule has 1 aromatic heterocycles. The lowest BCUT2D eigenvalue weighted by Crippen LogP contribution is -2.34. The Bertz CT molecular complexity index is 894. The van der Waals surface area contributed by atoms with Crippen molar-refractivity contribution in [2.24, 2.45) is 0 Å². The second kappa shape index (κ2) is 8.13. The van der Waals surface area contributed by atoms with Gasteiger partial charge < -0.3 is 9.64 Å². The van der Waals surface area contributed by atoms with E-state index >= 15 is 0 Å². The van der Waals surface area contributed by atoms with Gasteiger partial charge in [0.15, 0.2) is 0 Å². The van der Waals surface area contributed by atoms with E-state index in [4.69, 9.17) is 16.3 Å². The molecule has 0 bridgehead atoms. The van der Waals surface area contributed by atoms with Gasteiger partial charge in [-0.1, -0.05) is 23.7 Å². The fourth-order valence-electron chi connectivity index (χ4n) is 4.18. The normalized spacial score (nSPS) is 18.6. The lowest BCUT2D eigenvalue weighted by atomic mass is 9.95. The molecule has 1 aliphatic heterocycles. The molecule has 4 rings (SSSR count). The molecule has 1 N–H and O–H groups in total. The van der Waals surface area contributed by atoms with Crippen molar-refractivity contribution in [3.8, 4) is 0 Å². The van der Waals surface area contributed by atoms with Crippen LogP contribution in [0.5, 0.6) is 0 Å². The first kappa shape index (κ1) is 19.3. The zero-order chi connectivity index (χ0) is 19.7.